The van der Waals surface area contributed by atoms with Crippen LogP contribution in [0.4, 0.5) is 0 Å². The maximum atomic E-state index is 12.9. The maximum absolute atomic E-state index is 12.9. The highest BCUT2D eigenvalue weighted by atomic mass is 32.1. The number of fused-ring (bicyclic) bond motifs is 3. The van der Waals surface area contributed by atoms with Crippen molar-refractivity contribution in [2.75, 3.05) is 7.11 Å². The Kier molecular flexibility index (Phi) is 5.94. The molecule has 0 aromatic carbocycles. The van der Waals surface area contributed by atoms with Crippen LogP contribution in [-0.2, 0) is 33.7 Å². The molecule has 1 aliphatic carbocycles. The number of nitrogens with one attached hydrogen (secondary N) is 1. The summed E-state index contributed by atoms with van der Waals surface area (Å²) in [5.74, 6) is -0.953. The number of methoxy groups -OCH3 is 1. The minimum Gasteiger partial charge on any atom is -0.467 e. The number of carbonyl (C=O) groups is 2. The lowest BCUT2D eigenvalue weighted by Gasteiger charge is -2.22. The second kappa shape index (κ2) is 8.21. The summed E-state index contributed by atoms with van der Waals surface area (Å²) in [5, 5.41) is 3.35. The summed E-state index contributed by atoms with van der Waals surface area (Å²) in [6.45, 7) is 3.64. The van der Waals surface area contributed by atoms with Gasteiger partial charge in [-0.15, -0.1) is 11.3 Å². The van der Waals surface area contributed by atoms with Gasteiger partial charge in [-0.3, -0.25) is 14.2 Å². The molecule has 0 fully saturated rings. The van der Waals surface area contributed by atoms with E-state index >= 15 is 0 Å². The van der Waals surface area contributed by atoms with Crippen molar-refractivity contribution in [3.05, 3.63) is 27.1 Å². The van der Waals surface area contributed by atoms with Crippen molar-refractivity contribution in [2.24, 2.45) is 5.92 Å². The smallest absolute Gasteiger partial charge is 0.328 e. The van der Waals surface area contributed by atoms with E-state index < -0.39 is 17.9 Å². The molecule has 0 radical (unpaired) electrons. The largest absolute Gasteiger partial charge is 0.467 e. The predicted molar refractivity (Wildman–Crippen MR) is 104 cm³/mol. The zero-order valence-electron chi connectivity index (χ0n) is 15.9. The highest BCUT2D eigenvalue weighted by molar-refractivity contribution is 7.18. The molecule has 2 atom stereocenters. The fourth-order valence-electron chi connectivity index (χ4n) is 3.46. The van der Waals surface area contributed by atoms with Crippen molar-refractivity contribution < 1.29 is 14.3 Å². The molecule has 0 aliphatic heterocycles. The summed E-state index contributed by atoms with van der Waals surface area (Å²) in [6.07, 6.45) is 6.23. The highest BCUT2D eigenvalue weighted by Gasteiger charge is 2.27. The van der Waals surface area contributed by atoms with E-state index in [1.54, 1.807) is 11.3 Å². The average molecular weight is 391 g/mol. The molecule has 0 saturated heterocycles. The van der Waals surface area contributed by atoms with Crippen molar-refractivity contribution in [3.8, 4) is 0 Å². The van der Waals surface area contributed by atoms with E-state index in [9.17, 15) is 14.4 Å². The van der Waals surface area contributed by atoms with Crippen molar-refractivity contribution in [3.63, 3.8) is 0 Å². The Labute approximate surface area is 161 Å². The summed E-state index contributed by atoms with van der Waals surface area (Å²) >= 11 is 1.58. The monoisotopic (exact) mass is 391 g/mol. The van der Waals surface area contributed by atoms with Crippen LogP contribution < -0.4 is 10.9 Å². The normalized spacial score (nSPS) is 15.8. The molecule has 7 nitrogen and oxygen atoms in total. The number of nitrogens with zero attached hydrogens (tertiary/aromatic N) is 2. The predicted octanol–water partition coefficient (Wildman–Crippen LogP) is 2.04. The molecule has 0 saturated carbocycles. The van der Waals surface area contributed by atoms with Crippen molar-refractivity contribution >= 4 is 33.4 Å². The number of esters is 1. The molecule has 2 unspecified atom stereocenters. The quantitative estimate of drug-likeness (QED) is 0.761. The molecule has 1 amide bonds. The van der Waals surface area contributed by atoms with Gasteiger partial charge in [0.05, 0.1) is 18.8 Å². The lowest BCUT2D eigenvalue weighted by molar-refractivity contribution is -0.146. The Bertz CT molecular complexity index is 918. The van der Waals surface area contributed by atoms with Crippen LogP contribution in [0.25, 0.3) is 10.2 Å². The molecule has 0 bridgehead atoms. The number of thiophene rings is 1. The summed E-state index contributed by atoms with van der Waals surface area (Å²) in [5.41, 5.74) is 0.910. The second-order valence-corrected chi connectivity index (χ2v) is 8.11. The minimum atomic E-state index is -0.728. The first-order chi connectivity index (χ1) is 13.0. The third-order valence-electron chi connectivity index (χ3n) is 5.24. The van der Waals surface area contributed by atoms with Crippen LogP contribution >= 0.6 is 11.3 Å². The number of aromatic nitrogens is 2. The number of amides is 1. The topological polar surface area (TPSA) is 90.3 Å². The van der Waals surface area contributed by atoms with Crippen LogP contribution in [0.3, 0.4) is 0 Å². The molecule has 3 rings (SSSR count). The fourth-order valence-corrected chi connectivity index (χ4v) is 4.68. The van der Waals surface area contributed by atoms with E-state index in [-0.39, 0.29) is 18.0 Å². The molecule has 27 heavy (non-hydrogen) atoms. The van der Waals surface area contributed by atoms with Crippen LogP contribution in [-0.4, -0.2) is 34.6 Å². The van der Waals surface area contributed by atoms with E-state index in [2.05, 4.69) is 10.3 Å². The Hall–Kier alpha value is -2.22. The fraction of sp³-hybridized carbons (Fsp3) is 0.579. The van der Waals surface area contributed by atoms with Crippen molar-refractivity contribution in [2.45, 2.75) is 58.5 Å². The summed E-state index contributed by atoms with van der Waals surface area (Å²) in [7, 11) is 1.30. The number of aryl methyl sites for hydroxylation is 2. The molecule has 146 valence electrons. The van der Waals surface area contributed by atoms with E-state index in [1.165, 1.54) is 22.9 Å². The van der Waals surface area contributed by atoms with Gasteiger partial charge >= 0.3 is 5.97 Å². The minimum absolute atomic E-state index is 0.0670. The van der Waals surface area contributed by atoms with Gasteiger partial charge in [-0.25, -0.2) is 9.78 Å². The van der Waals surface area contributed by atoms with Crippen LogP contribution in [0.5, 0.6) is 0 Å². The molecule has 2 heterocycles. The first-order valence-electron chi connectivity index (χ1n) is 9.33. The van der Waals surface area contributed by atoms with E-state index in [0.29, 0.717) is 11.8 Å². The zero-order valence-corrected chi connectivity index (χ0v) is 16.7. The highest BCUT2D eigenvalue weighted by Crippen LogP contribution is 2.33. The third kappa shape index (κ3) is 3.90. The van der Waals surface area contributed by atoms with Gasteiger partial charge in [-0.2, -0.15) is 0 Å². The van der Waals surface area contributed by atoms with Gasteiger partial charge in [0.1, 0.15) is 17.4 Å². The Morgan fingerprint density at radius 1 is 1.37 bits per heavy atom. The summed E-state index contributed by atoms with van der Waals surface area (Å²) < 4.78 is 6.11. The first-order valence-corrected chi connectivity index (χ1v) is 10.1. The number of ether oxygens (including phenoxy) is 1. The molecule has 2 aromatic heterocycles. The van der Waals surface area contributed by atoms with E-state index in [4.69, 9.17) is 4.74 Å². The number of carbonyl (C=O) groups excluding carboxylic acids is 2. The Balaban J connectivity index is 1.83. The van der Waals surface area contributed by atoms with Gasteiger partial charge in [0.25, 0.3) is 5.56 Å². The molecule has 2 aromatic rings. The number of hydrogen-bond acceptors (Lipinski definition) is 6. The summed E-state index contributed by atoms with van der Waals surface area (Å²) in [6, 6.07) is -0.728. The van der Waals surface area contributed by atoms with Crippen molar-refractivity contribution in [1.29, 1.82) is 0 Å². The van der Waals surface area contributed by atoms with Gasteiger partial charge in [-0.05, 0) is 37.2 Å². The lowest BCUT2D eigenvalue weighted by atomic mass is 9.97. The van der Waals surface area contributed by atoms with Crippen LogP contribution in [0, 0.1) is 5.92 Å². The molecule has 1 N–H and O–H groups in total. The summed E-state index contributed by atoms with van der Waals surface area (Å²) in [4.78, 5) is 43.7. The third-order valence-corrected chi connectivity index (χ3v) is 6.44. The molecule has 1 aliphatic rings. The standard InChI is InChI=1S/C19H25N3O4S/c1-4-11(2)16(19(25)26-3)21-14(23)9-22-10-20-17-15(18(22)24)12-7-5-6-8-13(12)27-17/h10-11,16H,4-9H2,1-3H3,(H,21,23). The molecular formula is C19H25N3O4S. The van der Waals surface area contributed by atoms with Gasteiger partial charge in [0.15, 0.2) is 0 Å². The van der Waals surface area contributed by atoms with Crippen LogP contribution in [0.1, 0.15) is 43.6 Å². The maximum Gasteiger partial charge on any atom is 0.328 e. The van der Waals surface area contributed by atoms with E-state index in [1.807, 2.05) is 13.8 Å². The van der Waals surface area contributed by atoms with E-state index in [0.717, 1.165) is 36.1 Å². The zero-order chi connectivity index (χ0) is 19.6. The number of hydrogen-bond donors (Lipinski definition) is 1. The second-order valence-electron chi connectivity index (χ2n) is 7.02. The Morgan fingerprint density at radius 3 is 2.81 bits per heavy atom. The molecule has 0 spiro atoms. The molecular weight excluding hydrogens is 366 g/mol. The van der Waals surface area contributed by atoms with Gasteiger partial charge in [-0.1, -0.05) is 20.3 Å². The van der Waals surface area contributed by atoms with Crippen molar-refractivity contribution in [1.82, 2.24) is 14.9 Å². The van der Waals surface area contributed by atoms with Gasteiger partial charge in [0, 0.05) is 4.88 Å². The average Bonchev–Trinajstić information content (AvgIpc) is 3.06. The Morgan fingerprint density at radius 2 is 2.11 bits per heavy atom. The lowest BCUT2D eigenvalue weighted by Crippen LogP contribution is -2.47. The van der Waals surface area contributed by atoms with Crippen LogP contribution in [0.15, 0.2) is 11.1 Å². The van der Waals surface area contributed by atoms with Gasteiger partial charge in [0.2, 0.25) is 5.91 Å². The SMILES string of the molecule is CCC(C)C(NC(=O)Cn1cnc2sc3c(c2c1=O)CCCC3)C(=O)OC. The first kappa shape index (κ1) is 19.5. The molecule has 8 heteroatoms. The van der Waals surface area contributed by atoms with Crippen LogP contribution in [0.2, 0.25) is 0 Å². The van der Waals surface area contributed by atoms with Gasteiger partial charge < -0.3 is 10.1 Å². The number of rotatable bonds is 6.